The van der Waals surface area contributed by atoms with E-state index in [0.717, 1.165) is 30.5 Å². The highest BCUT2D eigenvalue weighted by molar-refractivity contribution is 6.02. The Balaban J connectivity index is 1.56. The van der Waals surface area contributed by atoms with Gasteiger partial charge in [-0.15, -0.1) is 0 Å². The Labute approximate surface area is 290 Å². The molecule has 1 aliphatic heterocycles. The van der Waals surface area contributed by atoms with Gasteiger partial charge in [0.05, 0.1) is 36.0 Å². The maximum absolute atomic E-state index is 14.3. The molecule has 13 heteroatoms. The Morgan fingerprint density at radius 3 is 2.34 bits per heavy atom. The maximum Gasteiger partial charge on any atom is 0.416 e. The summed E-state index contributed by atoms with van der Waals surface area (Å²) in [5, 5.41) is 15.6. The number of ether oxygens (including phenoxy) is 2. The molecular formula is C37H46F4N4O5. The molecule has 0 spiro atoms. The monoisotopic (exact) mass is 702 g/mol. The number of alkyl halides is 3. The number of carbonyl (C=O) groups is 2. The van der Waals surface area contributed by atoms with Crippen molar-refractivity contribution in [2.45, 2.75) is 71.0 Å². The number of aliphatic hydroxyl groups excluding tert-OH is 1. The molecule has 0 fully saturated rings. The van der Waals surface area contributed by atoms with Gasteiger partial charge in [0.15, 0.2) is 0 Å². The van der Waals surface area contributed by atoms with Crippen LogP contribution in [0.3, 0.4) is 0 Å². The minimum Gasteiger partial charge on any atom is -0.490 e. The number of hydrogen-bond acceptors (Lipinski definition) is 6. The van der Waals surface area contributed by atoms with Crippen LogP contribution >= 0.6 is 0 Å². The van der Waals surface area contributed by atoms with E-state index in [1.807, 2.05) is 25.8 Å². The second kappa shape index (κ2) is 17.6. The molecular weight excluding hydrogens is 656 g/mol. The van der Waals surface area contributed by atoms with Gasteiger partial charge in [0.25, 0.3) is 5.91 Å². The van der Waals surface area contributed by atoms with Crippen molar-refractivity contribution in [1.82, 2.24) is 9.80 Å². The van der Waals surface area contributed by atoms with E-state index in [4.69, 9.17) is 9.47 Å². The van der Waals surface area contributed by atoms with E-state index in [9.17, 15) is 32.3 Å². The quantitative estimate of drug-likeness (QED) is 0.211. The lowest BCUT2D eigenvalue weighted by Crippen LogP contribution is -2.47. The van der Waals surface area contributed by atoms with Gasteiger partial charge in [-0.25, -0.2) is 9.18 Å². The summed E-state index contributed by atoms with van der Waals surface area (Å²) in [5.74, 6) is -0.709. The second-order valence-corrected chi connectivity index (χ2v) is 13.0. The molecule has 3 aromatic carbocycles. The molecule has 3 amide bonds. The fourth-order valence-corrected chi connectivity index (χ4v) is 5.77. The average Bonchev–Trinajstić information content (AvgIpc) is 3.07. The normalized spacial score (nSPS) is 20.0. The highest BCUT2D eigenvalue weighted by Crippen LogP contribution is 2.30. The number of nitrogens with zero attached hydrogens (tertiary/aromatic N) is 2. The summed E-state index contributed by atoms with van der Waals surface area (Å²) in [6, 6.07) is 14.0. The van der Waals surface area contributed by atoms with Gasteiger partial charge in [0, 0.05) is 43.5 Å². The summed E-state index contributed by atoms with van der Waals surface area (Å²) in [4.78, 5) is 30.6. The first kappa shape index (κ1) is 38.6. The van der Waals surface area contributed by atoms with Crippen LogP contribution in [0.2, 0.25) is 0 Å². The van der Waals surface area contributed by atoms with Crippen LogP contribution in [-0.2, 0) is 17.5 Å². The molecule has 0 saturated carbocycles. The minimum atomic E-state index is -4.41. The lowest BCUT2D eigenvalue weighted by molar-refractivity contribution is -0.137. The first-order valence-electron chi connectivity index (χ1n) is 16.8. The molecule has 0 unspecified atom stereocenters. The third kappa shape index (κ3) is 11.2. The molecule has 0 aliphatic carbocycles. The number of halogens is 4. The zero-order valence-corrected chi connectivity index (χ0v) is 28.8. The van der Waals surface area contributed by atoms with Gasteiger partial charge >= 0.3 is 12.2 Å². The molecule has 0 saturated heterocycles. The fourth-order valence-electron chi connectivity index (χ4n) is 5.77. The Hall–Kier alpha value is -4.20. The van der Waals surface area contributed by atoms with Crippen molar-refractivity contribution in [3.63, 3.8) is 0 Å². The fraction of sp³-hybridized carbons (Fsp3) is 0.459. The van der Waals surface area contributed by atoms with Crippen molar-refractivity contribution < 1.29 is 41.7 Å². The summed E-state index contributed by atoms with van der Waals surface area (Å²) in [6.07, 6.45) is -2.70. The van der Waals surface area contributed by atoms with Gasteiger partial charge in [-0.1, -0.05) is 19.1 Å². The first-order chi connectivity index (χ1) is 23.7. The molecule has 3 aromatic rings. The van der Waals surface area contributed by atoms with Gasteiger partial charge < -0.3 is 30.1 Å². The number of urea groups is 1. The lowest BCUT2D eigenvalue weighted by Gasteiger charge is -2.36. The number of likely N-dealkylation sites (N-methyl/N-ethyl adjacent to an activating group) is 1. The second-order valence-electron chi connectivity index (χ2n) is 13.0. The van der Waals surface area contributed by atoms with E-state index in [0.29, 0.717) is 43.2 Å². The van der Waals surface area contributed by atoms with Crippen molar-refractivity contribution in [2.24, 2.45) is 5.92 Å². The highest BCUT2D eigenvalue weighted by Gasteiger charge is 2.32. The van der Waals surface area contributed by atoms with Crippen LogP contribution in [0.25, 0.3) is 0 Å². The summed E-state index contributed by atoms with van der Waals surface area (Å²) in [5.41, 5.74) is 0.935. The largest absolute Gasteiger partial charge is 0.490 e. The molecule has 0 radical (unpaired) electrons. The summed E-state index contributed by atoms with van der Waals surface area (Å²) < 4.78 is 65.1. The van der Waals surface area contributed by atoms with Gasteiger partial charge in [0.1, 0.15) is 11.6 Å². The maximum atomic E-state index is 14.3. The molecule has 1 aliphatic rings. The predicted octanol–water partition coefficient (Wildman–Crippen LogP) is 7.42. The minimum absolute atomic E-state index is 0.206. The van der Waals surface area contributed by atoms with Gasteiger partial charge in [-0.05, 0) is 100 Å². The van der Waals surface area contributed by atoms with Gasteiger partial charge in [-0.2, -0.15) is 13.2 Å². The molecule has 4 atom stereocenters. The van der Waals surface area contributed by atoms with Gasteiger partial charge in [0.2, 0.25) is 0 Å². The first-order valence-corrected chi connectivity index (χ1v) is 16.8. The smallest absolute Gasteiger partial charge is 0.416 e. The summed E-state index contributed by atoms with van der Waals surface area (Å²) in [7, 11) is 1.87. The number of aliphatic hydroxyl groups is 1. The highest BCUT2D eigenvalue weighted by atomic mass is 19.4. The molecule has 50 heavy (non-hydrogen) atoms. The number of hydrogen-bond donors (Lipinski definition) is 3. The number of benzene rings is 3. The van der Waals surface area contributed by atoms with E-state index in [2.05, 4.69) is 10.6 Å². The number of carbonyl (C=O) groups excluding carboxylic acids is 2. The average molecular weight is 703 g/mol. The number of anilines is 2. The number of rotatable bonds is 8. The van der Waals surface area contributed by atoms with E-state index in [1.165, 1.54) is 42.5 Å². The van der Waals surface area contributed by atoms with Crippen LogP contribution in [-0.4, -0.2) is 78.4 Å². The molecule has 272 valence electrons. The Morgan fingerprint density at radius 1 is 1.02 bits per heavy atom. The third-order valence-electron chi connectivity index (χ3n) is 8.64. The van der Waals surface area contributed by atoms with E-state index in [-0.39, 0.29) is 36.8 Å². The number of amides is 3. The zero-order valence-electron chi connectivity index (χ0n) is 28.8. The van der Waals surface area contributed by atoms with Crippen molar-refractivity contribution in [2.75, 3.05) is 44.0 Å². The molecule has 9 nitrogen and oxygen atoms in total. The van der Waals surface area contributed by atoms with Crippen LogP contribution in [0, 0.1) is 11.7 Å². The standard InChI is InChI=1S/C37H46F4N4O5/c1-24-20-45(25(2)23-46)35(47)32-19-31(43-36(48)42-30-14-12-29(38)13-15-30)16-17-33(32)50-26(3)7-5-6-18-49-34(24)22-44(4)21-27-8-10-28(11-9-27)37(39,40)41/h8-17,19,24-26,34,46H,5-7,18,20-23H2,1-4H3,(H2,42,43,48)/t24-,25-,26+,34-/m1/s1. The van der Waals surface area contributed by atoms with Crippen molar-refractivity contribution >= 4 is 23.3 Å². The zero-order chi connectivity index (χ0) is 36.4. The number of fused-ring (bicyclic) bond motifs is 1. The van der Waals surface area contributed by atoms with Crippen molar-refractivity contribution in [3.8, 4) is 5.75 Å². The molecule has 0 aromatic heterocycles. The Bertz CT molecular complexity index is 1550. The molecule has 1 heterocycles. The number of nitrogens with one attached hydrogen (secondary N) is 2. The molecule has 4 rings (SSSR count). The van der Waals surface area contributed by atoms with Crippen molar-refractivity contribution in [3.05, 3.63) is 89.2 Å². The van der Waals surface area contributed by atoms with Crippen LogP contribution in [0.4, 0.5) is 33.7 Å². The van der Waals surface area contributed by atoms with Crippen LogP contribution in [0.1, 0.15) is 61.5 Å². The SMILES string of the molecule is C[C@@H]1CN([C@H](C)CO)C(=O)c2cc(NC(=O)Nc3ccc(F)cc3)ccc2O[C@@H](C)CCCCO[C@@H]1CN(C)Cc1ccc(C(F)(F)F)cc1. The Kier molecular flexibility index (Phi) is 13.6. The van der Waals surface area contributed by atoms with Crippen molar-refractivity contribution in [1.29, 1.82) is 0 Å². The van der Waals surface area contributed by atoms with Crippen LogP contribution in [0.5, 0.6) is 5.75 Å². The Morgan fingerprint density at radius 2 is 1.68 bits per heavy atom. The van der Waals surface area contributed by atoms with E-state index < -0.39 is 35.5 Å². The van der Waals surface area contributed by atoms with Crippen LogP contribution in [0.15, 0.2) is 66.7 Å². The topological polar surface area (TPSA) is 103 Å². The van der Waals surface area contributed by atoms with Crippen LogP contribution < -0.4 is 15.4 Å². The third-order valence-corrected chi connectivity index (χ3v) is 8.64. The predicted molar refractivity (Wildman–Crippen MR) is 184 cm³/mol. The summed E-state index contributed by atoms with van der Waals surface area (Å²) in [6.45, 7) is 6.85. The molecule has 3 N–H and O–H groups in total. The lowest BCUT2D eigenvalue weighted by atomic mass is 10.0. The van der Waals surface area contributed by atoms with E-state index in [1.54, 1.807) is 24.0 Å². The van der Waals surface area contributed by atoms with Gasteiger partial charge in [-0.3, -0.25) is 9.69 Å². The van der Waals surface area contributed by atoms with E-state index >= 15 is 0 Å². The summed E-state index contributed by atoms with van der Waals surface area (Å²) >= 11 is 0. The molecule has 0 bridgehead atoms.